The van der Waals surface area contributed by atoms with Crippen LogP contribution in [0.15, 0.2) is 24.3 Å². The molecule has 0 saturated carbocycles. The first-order valence-corrected chi connectivity index (χ1v) is 3.26. The lowest BCUT2D eigenvalue weighted by Crippen LogP contribution is -2.23. The largest absolute Gasteiger partial charge is 0.545 e. The number of nitrogens with one attached hydrogen (secondary N) is 1. The third-order valence-electron chi connectivity index (χ3n) is 1.36. The number of hydrogen-bond acceptors (Lipinski definition) is 3. The van der Waals surface area contributed by atoms with Crippen LogP contribution in [0.25, 0.3) is 0 Å². The van der Waals surface area contributed by atoms with Crippen molar-refractivity contribution in [3.63, 3.8) is 0 Å². The molecule has 5 heteroatoms. The zero-order valence-electron chi connectivity index (χ0n) is 7.11. The van der Waals surface area contributed by atoms with E-state index in [0.29, 0.717) is 6.41 Å². The molecule has 1 aromatic carbocycles. The predicted molar refractivity (Wildman–Crippen MR) is 46.4 cm³/mol. The number of benzene rings is 1. The topological polar surface area (TPSA) is 106 Å². The van der Waals surface area contributed by atoms with E-state index in [1.54, 1.807) is 12.1 Å². The fourth-order valence-corrected chi connectivity index (χ4v) is 0.850. The molecule has 1 rings (SSSR count). The third-order valence-corrected chi connectivity index (χ3v) is 1.36. The first-order valence-electron chi connectivity index (χ1n) is 3.26. The van der Waals surface area contributed by atoms with E-state index in [1.807, 2.05) is 0 Å². The van der Waals surface area contributed by atoms with Gasteiger partial charge in [-0.2, -0.15) is 0 Å². The predicted octanol–water partition coefficient (Wildman–Crippen LogP) is -0.00540. The Hall–Kier alpha value is -1.88. The van der Waals surface area contributed by atoms with Gasteiger partial charge in [0.05, 0.1) is 5.97 Å². The molecular formula is C8H10N2O3. The number of amides is 1. The van der Waals surface area contributed by atoms with Crippen molar-refractivity contribution in [1.29, 1.82) is 0 Å². The molecule has 0 aliphatic carbocycles. The Morgan fingerprint density at radius 2 is 2.00 bits per heavy atom. The minimum absolute atomic E-state index is 0. The van der Waals surface area contributed by atoms with Crippen molar-refractivity contribution in [2.75, 3.05) is 5.32 Å². The Labute approximate surface area is 75.0 Å². The second-order valence-electron chi connectivity index (χ2n) is 2.10. The van der Waals surface area contributed by atoms with Crippen molar-refractivity contribution < 1.29 is 14.7 Å². The molecule has 0 aliphatic rings. The van der Waals surface area contributed by atoms with E-state index >= 15 is 0 Å². The summed E-state index contributed by atoms with van der Waals surface area (Å²) in [5, 5.41) is 12.7. The van der Waals surface area contributed by atoms with Gasteiger partial charge in [-0.3, -0.25) is 4.79 Å². The summed E-state index contributed by atoms with van der Waals surface area (Å²) in [5.41, 5.74) is 0.220. The van der Waals surface area contributed by atoms with E-state index in [9.17, 15) is 14.7 Å². The molecule has 0 aromatic heterocycles. The second kappa shape index (κ2) is 4.89. The van der Waals surface area contributed by atoms with E-state index in [0.717, 1.165) is 0 Å². The number of hydrogen-bond donors (Lipinski definition) is 2. The summed E-state index contributed by atoms with van der Waals surface area (Å²) in [6, 6.07) is 6.03. The molecule has 0 heterocycles. The summed E-state index contributed by atoms with van der Waals surface area (Å²) < 4.78 is 0. The second-order valence-corrected chi connectivity index (χ2v) is 2.10. The van der Waals surface area contributed by atoms with Crippen molar-refractivity contribution in [3.05, 3.63) is 29.8 Å². The monoisotopic (exact) mass is 182 g/mol. The number of anilines is 1. The van der Waals surface area contributed by atoms with Gasteiger partial charge in [0.2, 0.25) is 6.41 Å². The Bertz CT molecular complexity index is 312. The molecular weight excluding hydrogens is 172 g/mol. The summed E-state index contributed by atoms with van der Waals surface area (Å²) in [6.45, 7) is 0. The van der Waals surface area contributed by atoms with Crippen LogP contribution in [0.4, 0.5) is 5.69 Å². The molecule has 0 spiro atoms. The lowest BCUT2D eigenvalue weighted by Gasteiger charge is -2.07. The molecule has 13 heavy (non-hydrogen) atoms. The summed E-state index contributed by atoms with van der Waals surface area (Å²) >= 11 is 0. The minimum atomic E-state index is -1.31. The number of rotatable bonds is 3. The number of quaternary nitrogens is 1. The number of carboxylic acids is 1. The van der Waals surface area contributed by atoms with Crippen LogP contribution in [0.2, 0.25) is 0 Å². The van der Waals surface area contributed by atoms with Crippen LogP contribution in [-0.2, 0) is 4.79 Å². The quantitative estimate of drug-likeness (QED) is 0.642. The van der Waals surface area contributed by atoms with Crippen LogP contribution in [-0.4, -0.2) is 12.4 Å². The zero-order chi connectivity index (χ0) is 8.97. The average molecular weight is 182 g/mol. The van der Waals surface area contributed by atoms with Gasteiger partial charge in [0.25, 0.3) is 0 Å². The van der Waals surface area contributed by atoms with Crippen molar-refractivity contribution in [2.24, 2.45) is 0 Å². The summed E-state index contributed by atoms with van der Waals surface area (Å²) in [5.74, 6) is -1.31. The van der Waals surface area contributed by atoms with E-state index in [2.05, 4.69) is 5.32 Å². The van der Waals surface area contributed by atoms with Gasteiger partial charge in [0.1, 0.15) is 0 Å². The highest BCUT2D eigenvalue weighted by atomic mass is 16.4. The Morgan fingerprint density at radius 1 is 1.38 bits per heavy atom. The standard InChI is InChI=1S/C8H7NO3.H3N/c10-5-9-7-4-2-1-3-6(7)8(11)12;/h1-5H,(H,9,10)(H,11,12);1H3. The molecule has 5 N–H and O–H groups in total. The summed E-state index contributed by atoms with van der Waals surface area (Å²) in [4.78, 5) is 20.5. The van der Waals surface area contributed by atoms with Crippen LogP contribution in [0.1, 0.15) is 10.4 Å². The molecule has 1 amide bonds. The maximum absolute atomic E-state index is 10.4. The zero-order valence-corrected chi connectivity index (χ0v) is 7.11. The summed E-state index contributed by atoms with van der Waals surface area (Å²) in [7, 11) is 0. The first kappa shape index (κ1) is 11.1. The third kappa shape index (κ3) is 2.57. The van der Waals surface area contributed by atoms with E-state index in [-0.39, 0.29) is 17.4 Å². The Morgan fingerprint density at radius 3 is 2.54 bits per heavy atom. The van der Waals surface area contributed by atoms with Gasteiger partial charge < -0.3 is 21.4 Å². The molecule has 70 valence electrons. The van der Waals surface area contributed by atoms with E-state index in [1.165, 1.54) is 12.1 Å². The van der Waals surface area contributed by atoms with Crippen LogP contribution in [0.3, 0.4) is 0 Å². The molecule has 0 fully saturated rings. The highest BCUT2D eigenvalue weighted by Crippen LogP contribution is 2.12. The molecule has 0 aliphatic heterocycles. The Balaban J connectivity index is 0.00000144. The van der Waals surface area contributed by atoms with Gasteiger partial charge >= 0.3 is 0 Å². The van der Waals surface area contributed by atoms with Gasteiger partial charge in [0.15, 0.2) is 0 Å². The number of carboxylic acid groups (broad SMARTS) is 1. The molecule has 0 unspecified atom stereocenters. The van der Waals surface area contributed by atoms with Crippen LogP contribution >= 0.6 is 0 Å². The first-order chi connectivity index (χ1) is 5.75. The highest BCUT2D eigenvalue weighted by Gasteiger charge is 1.99. The molecule has 0 radical (unpaired) electrons. The number of para-hydroxylation sites is 1. The fraction of sp³-hybridized carbons (Fsp3) is 0. The summed E-state index contributed by atoms with van der Waals surface area (Å²) in [6.07, 6.45) is 0.418. The fourth-order valence-electron chi connectivity index (χ4n) is 0.850. The highest BCUT2D eigenvalue weighted by molar-refractivity contribution is 5.95. The van der Waals surface area contributed by atoms with Crippen LogP contribution in [0.5, 0.6) is 0 Å². The van der Waals surface area contributed by atoms with Gasteiger partial charge in [-0.1, -0.05) is 18.2 Å². The lowest BCUT2D eigenvalue weighted by atomic mass is 10.2. The lowest BCUT2D eigenvalue weighted by molar-refractivity contribution is -0.254. The molecule has 5 nitrogen and oxygen atoms in total. The van der Waals surface area contributed by atoms with Crippen molar-refractivity contribution in [3.8, 4) is 0 Å². The number of carbonyl (C=O) groups excluding carboxylic acids is 2. The van der Waals surface area contributed by atoms with Crippen molar-refractivity contribution >= 4 is 18.1 Å². The van der Waals surface area contributed by atoms with Crippen LogP contribution in [0, 0.1) is 0 Å². The molecule has 0 atom stereocenters. The molecule has 1 aromatic rings. The van der Waals surface area contributed by atoms with Crippen LogP contribution < -0.4 is 16.6 Å². The SMILES string of the molecule is O=CNc1ccccc1C(=O)[O-].[NH4+]. The number of carbonyl (C=O) groups is 2. The van der Waals surface area contributed by atoms with E-state index < -0.39 is 5.97 Å². The number of aromatic carboxylic acids is 1. The van der Waals surface area contributed by atoms with Gasteiger partial charge in [0, 0.05) is 11.3 Å². The van der Waals surface area contributed by atoms with E-state index in [4.69, 9.17) is 0 Å². The average Bonchev–Trinajstić information content (AvgIpc) is 2.05. The van der Waals surface area contributed by atoms with Crippen molar-refractivity contribution in [2.45, 2.75) is 0 Å². The van der Waals surface area contributed by atoms with Gasteiger partial charge in [-0.25, -0.2) is 0 Å². The normalized spacial score (nSPS) is 8.31. The maximum Gasteiger partial charge on any atom is 0.211 e. The van der Waals surface area contributed by atoms with Gasteiger partial charge in [-0.15, -0.1) is 0 Å². The Kier molecular flexibility index (Phi) is 4.18. The molecule has 0 saturated heterocycles. The van der Waals surface area contributed by atoms with Crippen molar-refractivity contribution in [1.82, 2.24) is 6.15 Å². The smallest absolute Gasteiger partial charge is 0.211 e. The maximum atomic E-state index is 10.4. The van der Waals surface area contributed by atoms with Gasteiger partial charge in [-0.05, 0) is 6.07 Å². The minimum Gasteiger partial charge on any atom is -0.545 e. The molecule has 0 bridgehead atoms.